The zero-order valence-corrected chi connectivity index (χ0v) is 10.6. The summed E-state index contributed by atoms with van der Waals surface area (Å²) in [5.41, 5.74) is 0.883. The van der Waals surface area contributed by atoms with E-state index in [9.17, 15) is 9.59 Å². The molecule has 0 aliphatic carbocycles. The van der Waals surface area contributed by atoms with Gasteiger partial charge in [-0.2, -0.15) is 0 Å². The molecule has 1 aromatic carbocycles. The third-order valence-electron chi connectivity index (χ3n) is 2.59. The first-order valence-electron chi connectivity index (χ1n) is 5.63. The van der Waals surface area contributed by atoms with E-state index >= 15 is 0 Å². The molecule has 0 atom stereocenters. The standard InChI is InChI=1S/C13H11ClN2O3/c14-10-4-6-15-12-8(10)2-1-3-9(12)13(19)16-7-5-11(17)18/h1-4,6H,5,7H2,(H,16,19)(H,17,18). The van der Waals surface area contributed by atoms with Gasteiger partial charge in [-0.1, -0.05) is 23.7 Å². The van der Waals surface area contributed by atoms with Crippen LogP contribution in [0, 0.1) is 0 Å². The van der Waals surface area contributed by atoms with Crippen LogP contribution in [0.3, 0.4) is 0 Å². The van der Waals surface area contributed by atoms with Gasteiger partial charge < -0.3 is 10.4 Å². The van der Waals surface area contributed by atoms with Gasteiger partial charge in [-0.05, 0) is 12.1 Å². The van der Waals surface area contributed by atoms with E-state index in [0.717, 1.165) is 0 Å². The number of para-hydroxylation sites is 1. The van der Waals surface area contributed by atoms with Gasteiger partial charge in [0, 0.05) is 18.1 Å². The number of rotatable bonds is 4. The fraction of sp³-hybridized carbons (Fsp3) is 0.154. The molecule has 0 fully saturated rings. The number of carbonyl (C=O) groups excluding carboxylic acids is 1. The number of hydrogen-bond acceptors (Lipinski definition) is 3. The number of hydrogen-bond donors (Lipinski definition) is 2. The first kappa shape index (κ1) is 13.3. The van der Waals surface area contributed by atoms with Crippen LogP contribution in [0.1, 0.15) is 16.8 Å². The van der Waals surface area contributed by atoms with Gasteiger partial charge in [-0.3, -0.25) is 14.6 Å². The summed E-state index contributed by atoms with van der Waals surface area (Å²) >= 11 is 6.03. The SMILES string of the molecule is O=C(O)CCNC(=O)c1cccc2c(Cl)ccnc12. The van der Waals surface area contributed by atoms with E-state index in [4.69, 9.17) is 16.7 Å². The van der Waals surface area contributed by atoms with Crippen molar-refractivity contribution in [3.63, 3.8) is 0 Å². The molecule has 2 rings (SSSR count). The van der Waals surface area contributed by atoms with Crippen LogP contribution in [0.15, 0.2) is 30.5 Å². The number of aromatic nitrogens is 1. The van der Waals surface area contributed by atoms with Gasteiger partial charge in [0.05, 0.1) is 22.5 Å². The van der Waals surface area contributed by atoms with E-state index in [-0.39, 0.29) is 18.9 Å². The number of benzene rings is 1. The van der Waals surface area contributed by atoms with Crippen molar-refractivity contribution >= 4 is 34.4 Å². The number of amides is 1. The smallest absolute Gasteiger partial charge is 0.305 e. The van der Waals surface area contributed by atoms with Crippen molar-refractivity contribution in [2.75, 3.05) is 6.54 Å². The number of carbonyl (C=O) groups is 2. The Morgan fingerprint density at radius 1 is 1.32 bits per heavy atom. The van der Waals surface area contributed by atoms with Gasteiger partial charge in [-0.15, -0.1) is 0 Å². The number of pyridine rings is 1. The van der Waals surface area contributed by atoms with Crippen LogP contribution in [0.5, 0.6) is 0 Å². The molecular weight excluding hydrogens is 268 g/mol. The third kappa shape index (κ3) is 3.00. The first-order chi connectivity index (χ1) is 9.09. The Kier molecular flexibility index (Phi) is 3.97. The lowest BCUT2D eigenvalue weighted by atomic mass is 10.1. The Balaban J connectivity index is 2.27. The number of carboxylic acid groups (broad SMARTS) is 1. The van der Waals surface area contributed by atoms with E-state index in [0.29, 0.717) is 21.5 Å². The van der Waals surface area contributed by atoms with Crippen LogP contribution in [0.25, 0.3) is 10.9 Å². The molecule has 0 unspecified atom stereocenters. The Labute approximate surface area is 114 Å². The van der Waals surface area contributed by atoms with Crippen LogP contribution in [0.2, 0.25) is 5.02 Å². The minimum Gasteiger partial charge on any atom is -0.481 e. The van der Waals surface area contributed by atoms with Crippen LogP contribution in [-0.2, 0) is 4.79 Å². The van der Waals surface area contributed by atoms with Gasteiger partial charge in [0.15, 0.2) is 0 Å². The summed E-state index contributed by atoms with van der Waals surface area (Å²) in [6, 6.07) is 6.76. The van der Waals surface area contributed by atoms with Crippen molar-refractivity contribution in [3.05, 3.63) is 41.0 Å². The molecule has 1 heterocycles. The first-order valence-corrected chi connectivity index (χ1v) is 6.00. The predicted molar refractivity (Wildman–Crippen MR) is 71.3 cm³/mol. The summed E-state index contributed by atoms with van der Waals surface area (Å²) in [6.07, 6.45) is 1.41. The Bertz CT molecular complexity index is 643. The van der Waals surface area contributed by atoms with E-state index < -0.39 is 5.97 Å². The molecule has 5 nitrogen and oxygen atoms in total. The second-order valence-corrected chi connectivity index (χ2v) is 4.30. The van der Waals surface area contributed by atoms with Crippen molar-refractivity contribution in [2.45, 2.75) is 6.42 Å². The molecule has 0 aliphatic heterocycles. The summed E-state index contributed by atoms with van der Waals surface area (Å²) < 4.78 is 0. The van der Waals surface area contributed by atoms with Crippen molar-refractivity contribution in [1.82, 2.24) is 10.3 Å². The highest BCUT2D eigenvalue weighted by molar-refractivity contribution is 6.35. The minimum absolute atomic E-state index is 0.0745. The van der Waals surface area contributed by atoms with E-state index in [1.54, 1.807) is 24.3 Å². The molecule has 0 spiro atoms. The summed E-state index contributed by atoms with van der Waals surface area (Å²) in [6.45, 7) is 0.0745. The maximum absolute atomic E-state index is 12.0. The molecule has 0 saturated carbocycles. The molecule has 1 amide bonds. The predicted octanol–water partition coefficient (Wildman–Crippen LogP) is 2.09. The van der Waals surface area contributed by atoms with Gasteiger partial charge in [0.25, 0.3) is 5.91 Å². The molecule has 2 N–H and O–H groups in total. The van der Waals surface area contributed by atoms with E-state index in [2.05, 4.69) is 10.3 Å². The zero-order valence-electron chi connectivity index (χ0n) is 9.89. The lowest BCUT2D eigenvalue weighted by Gasteiger charge is -2.07. The summed E-state index contributed by atoms with van der Waals surface area (Å²) in [5, 5.41) is 12.3. The lowest BCUT2D eigenvalue weighted by Crippen LogP contribution is -2.26. The van der Waals surface area contributed by atoms with Crippen LogP contribution in [-0.4, -0.2) is 28.5 Å². The monoisotopic (exact) mass is 278 g/mol. The highest BCUT2D eigenvalue weighted by Crippen LogP contribution is 2.23. The van der Waals surface area contributed by atoms with Gasteiger partial charge in [-0.25, -0.2) is 0 Å². The maximum Gasteiger partial charge on any atom is 0.305 e. The van der Waals surface area contributed by atoms with Gasteiger partial charge in [0.1, 0.15) is 0 Å². The van der Waals surface area contributed by atoms with E-state index in [1.165, 1.54) is 6.20 Å². The minimum atomic E-state index is -0.959. The molecule has 1 aromatic heterocycles. The lowest BCUT2D eigenvalue weighted by molar-refractivity contribution is -0.136. The third-order valence-corrected chi connectivity index (χ3v) is 2.92. The topological polar surface area (TPSA) is 79.3 Å². The zero-order chi connectivity index (χ0) is 13.8. The molecule has 19 heavy (non-hydrogen) atoms. The summed E-state index contributed by atoms with van der Waals surface area (Å²) in [4.78, 5) is 26.5. The van der Waals surface area contributed by atoms with Crippen LogP contribution < -0.4 is 5.32 Å². The average molecular weight is 279 g/mol. The Morgan fingerprint density at radius 3 is 2.84 bits per heavy atom. The molecule has 98 valence electrons. The normalized spacial score (nSPS) is 10.4. The fourth-order valence-electron chi connectivity index (χ4n) is 1.70. The molecule has 0 bridgehead atoms. The second kappa shape index (κ2) is 5.67. The molecular formula is C13H11ClN2O3. The van der Waals surface area contributed by atoms with Crippen molar-refractivity contribution in [1.29, 1.82) is 0 Å². The fourth-order valence-corrected chi connectivity index (χ4v) is 1.91. The van der Waals surface area contributed by atoms with Crippen LogP contribution in [0.4, 0.5) is 0 Å². The highest BCUT2D eigenvalue weighted by atomic mass is 35.5. The summed E-state index contributed by atoms with van der Waals surface area (Å²) in [5.74, 6) is -1.32. The number of fused-ring (bicyclic) bond motifs is 1. The molecule has 0 saturated heterocycles. The average Bonchev–Trinajstić information content (AvgIpc) is 2.38. The van der Waals surface area contributed by atoms with Gasteiger partial charge in [0.2, 0.25) is 0 Å². The van der Waals surface area contributed by atoms with Crippen LogP contribution >= 0.6 is 11.6 Å². The molecule has 0 radical (unpaired) electrons. The Hall–Kier alpha value is -2.14. The molecule has 2 aromatic rings. The van der Waals surface area contributed by atoms with Crippen molar-refractivity contribution in [3.8, 4) is 0 Å². The number of halogens is 1. The summed E-state index contributed by atoms with van der Waals surface area (Å²) in [7, 11) is 0. The van der Waals surface area contributed by atoms with Crippen molar-refractivity contribution in [2.24, 2.45) is 0 Å². The Morgan fingerprint density at radius 2 is 2.11 bits per heavy atom. The largest absolute Gasteiger partial charge is 0.481 e. The van der Waals surface area contributed by atoms with Gasteiger partial charge >= 0.3 is 5.97 Å². The highest BCUT2D eigenvalue weighted by Gasteiger charge is 2.12. The molecule has 0 aliphatic rings. The maximum atomic E-state index is 12.0. The van der Waals surface area contributed by atoms with E-state index in [1.807, 2.05) is 0 Å². The second-order valence-electron chi connectivity index (χ2n) is 3.89. The number of nitrogens with zero attached hydrogens (tertiary/aromatic N) is 1. The quantitative estimate of drug-likeness (QED) is 0.897. The van der Waals surface area contributed by atoms with Crippen molar-refractivity contribution < 1.29 is 14.7 Å². The molecule has 6 heteroatoms. The number of carboxylic acids is 1. The number of aliphatic carboxylic acids is 1. The number of nitrogens with one attached hydrogen (secondary N) is 1.